The van der Waals surface area contributed by atoms with Crippen molar-refractivity contribution in [1.29, 1.82) is 0 Å². The number of rotatable bonds is 5. The van der Waals surface area contributed by atoms with Gasteiger partial charge in [-0.15, -0.1) is 0 Å². The normalized spacial score (nSPS) is 26.1. The van der Waals surface area contributed by atoms with Crippen LogP contribution in [0.4, 0.5) is 0 Å². The number of hydrogen-bond acceptors (Lipinski definition) is 4. The van der Waals surface area contributed by atoms with Gasteiger partial charge in [0, 0.05) is 11.8 Å². The van der Waals surface area contributed by atoms with E-state index in [-0.39, 0.29) is 29.9 Å². The number of ketones is 2. The van der Waals surface area contributed by atoms with Crippen LogP contribution in [-0.2, 0) is 19.1 Å². The lowest BCUT2D eigenvalue weighted by Gasteiger charge is -2.22. The molecule has 0 heterocycles. The van der Waals surface area contributed by atoms with Crippen molar-refractivity contribution in [2.24, 2.45) is 17.8 Å². The molecule has 0 aromatic rings. The number of carbonyl (C=O) groups excluding carboxylic acids is 3. The van der Waals surface area contributed by atoms with Gasteiger partial charge in [0.25, 0.3) is 0 Å². The second-order valence-corrected chi connectivity index (χ2v) is 4.70. The van der Waals surface area contributed by atoms with Gasteiger partial charge in [-0.05, 0) is 6.42 Å². The summed E-state index contributed by atoms with van der Waals surface area (Å²) in [6.45, 7) is 3.76. The van der Waals surface area contributed by atoms with E-state index in [0.717, 1.165) is 12.8 Å². The first kappa shape index (κ1) is 13.9. The topological polar surface area (TPSA) is 60.4 Å². The fourth-order valence-corrected chi connectivity index (χ4v) is 2.52. The van der Waals surface area contributed by atoms with Crippen molar-refractivity contribution in [2.45, 2.75) is 39.5 Å². The van der Waals surface area contributed by atoms with Crippen LogP contribution in [0.15, 0.2) is 0 Å². The Hall–Kier alpha value is -1.19. The van der Waals surface area contributed by atoms with Gasteiger partial charge in [0.05, 0.1) is 19.4 Å². The average Bonchev–Trinajstić information content (AvgIpc) is 2.55. The van der Waals surface area contributed by atoms with E-state index in [1.807, 2.05) is 6.92 Å². The lowest BCUT2D eigenvalue weighted by atomic mass is 9.81. The van der Waals surface area contributed by atoms with Gasteiger partial charge in [0.15, 0.2) is 0 Å². The molecule has 3 atom stereocenters. The SMILES string of the molecule is CCCCC(C(=O)OC)C1C(=O)CC(=O)C1C. The molecule has 0 spiro atoms. The predicted octanol–water partition coefficient (Wildman–Crippen LogP) is 1.76. The molecule has 96 valence electrons. The third-order valence-corrected chi connectivity index (χ3v) is 3.57. The summed E-state index contributed by atoms with van der Waals surface area (Å²) >= 11 is 0. The first-order valence-corrected chi connectivity index (χ1v) is 6.16. The molecule has 3 unspecified atom stereocenters. The van der Waals surface area contributed by atoms with Crippen molar-refractivity contribution in [3.05, 3.63) is 0 Å². The number of Topliss-reactive ketones (excluding diaryl/α,β-unsaturated/α-hetero) is 2. The van der Waals surface area contributed by atoms with E-state index in [1.165, 1.54) is 7.11 Å². The largest absolute Gasteiger partial charge is 0.469 e. The van der Waals surface area contributed by atoms with Gasteiger partial charge in [-0.1, -0.05) is 26.7 Å². The van der Waals surface area contributed by atoms with Crippen LogP contribution in [0.3, 0.4) is 0 Å². The standard InChI is InChI=1S/C13H20O4/c1-4-5-6-9(13(16)17-3)12-8(2)10(14)7-11(12)15/h8-9,12H,4-7H2,1-3H3. The van der Waals surface area contributed by atoms with Crippen molar-refractivity contribution in [2.75, 3.05) is 7.11 Å². The molecule has 1 aliphatic carbocycles. The minimum absolute atomic E-state index is 0.0224. The van der Waals surface area contributed by atoms with Crippen LogP contribution in [0.5, 0.6) is 0 Å². The monoisotopic (exact) mass is 240 g/mol. The molecular weight excluding hydrogens is 220 g/mol. The minimum Gasteiger partial charge on any atom is -0.469 e. The zero-order valence-corrected chi connectivity index (χ0v) is 10.7. The summed E-state index contributed by atoms with van der Waals surface area (Å²) in [6, 6.07) is 0. The Labute approximate surface area is 102 Å². The Morgan fingerprint density at radius 2 is 2.06 bits per heavy atom. The molecule has 0 saturated heterocycles. The highest BCUT2D eigenvalue weighted by molar-refractivity contribution is 6.09. The first-order chi connectivity index (χ1) is 8.02. The van der Waals surface area contributed by atoms with Crippen LogP contribution in [-0.4, -0.2) is 24.6 Å². The van der Waals surface area contributed by atoms with Gasteiger partial charge in [0.2, 0.25) is 0 Å². The number of carbonyl (C=O) groups is 3. The number of unbranched alkanes of at least 4 members (excludes halogenated alkanes) is 1. The predicted molar refractivity (Wildman–Crippen MR) is 62.3 cm³/mol. The van der Waals surface area contributed by atoms with E-state index in [4.69, 9.17) is 4.74 Å². The van der Waals surface area contributed by atoms with E-state index < -0.39 is 11.8 Å². The maximum Gasteiger partial charge on any atom is 0.309 e. The molecule has 1 saturated carbocycles. The Bertz CT molecular complexity index is 321. The van der Waals surface area contributed by atoms with Crippen LogP contribution in [0, 0.1) is 17.8 Å². The Balaban J connectivity index is 2.85. The zero-order valence-electron chi connectivity index (χ0n) is 10.7. The number of hydrogen-bond donors (Lipinski definition) is 0. The first-order valence-electron chi connectivity index (χ1n) is 6.16. The molecule has 0 radical (unpaired) electrons. The van der Waals surface area contributed by atoms with E-state index in [9.17, 15) is 14.4 Å². The smallest absolute Gasteiger partial charge is 0.309 e. The van der Waals surface area contributed by atoms with Gasteiger partial charge in [0.1, 0.15) is 11.6 Å². The maximum atomic E-state index is 11.8. The zero-order chi connectivity index (χ0) is 13.0. The molecule has 4 heteroatoms. The highest BCUT2D eigenvalue weighted by Crippen LogP contribution is 2.34. The van der Waals surface area contributed by atoms with Crippen molar-refractivity contribution in [1.82, 2.24) is 0 Å². The maximum absolute atomic E-state index is 11.8. The molecule has 0 aromatic heterocycles. The molecule has 4 nitrogen and oxygen atoms in total. The van der Waals surface area contributed by atoms with Gasteiger partial charge in [-0.2, -0.15) is 0 Å². The molecule has 0 aromatic carbocycles. The van der Waals surface area contributed by atoms with Crippen LogP contribution >= 0.6 is 0 Å². The third kappa shape index (κ3) is 2.93. The Morgan fingerprint density at radius 1 is 1.41 bits per heavy atom. The second-order valence-electron chi connectivity index (χ2n) is 4.70. The van der Waals surface area contributed by atoms with Crippen LogP contribution in [0.25, 0.3) is 0 Å². The molecule has 0 amide bonds. The summed E-state index contributed by atoms with van der Waals surface area (Å²) in [5.41, 5.74) is 0. The van der Waals surface area contributed by atoms with Gasteiger partial charge in [-0.3, -0.25) is 14.4 Å². The van der Waals surface area contributed by atoms with Gasteiger partial charge >= 0.3 is 5.97 Å². The quantitative estimate of drug-likeness (QED) is 0.542. The van der Waals surface area contributed by atoms with Crippen molar-refractivity contribution in [3.63, 3.8) is 0 Å². The highest BCUT2D eigenvalue weighted by atomic mass is 16.5. The summed E-state index contributed by atoms with van der Waals surface area (Å²) < 4.78 is 4.75. The van der Waals surface area contributed by atoms with Crippen LogP contribution in [0.2, 0.25) is 0 Å². The Morgan fingerprint density at radius 3 is 2.47 bits per heavy atom. The fraction of sp³-hybridized carbons (Fsp3) is 0.769. The molecule has 0 aliphatic heterocycles. The van der Waals surface area contributed by atoms with Crippen molar-refractivity contribution < 1.29 is 19.1 Å². The molecule has 0 N–H and O–H groups in total. The summed E-state index contributed by atoms with van der Waals surface area (Å²) in [5.74, 6) is -1.78. The molecular formula is C13H20O4. The summed E-state index contributed by atoms with van der Waals surface area (Å²) in [5, 5.41) is 0. The molecule has 17 heavy (non-hydrogen) atoms. The van der Waals surface area contributed by atoms with E-state index in [2.05, 4.69) is 0 Å². The summed E-state index contributed by atoms with van der Waals surface area (Å²) in [4.78, 5) is 35.0. The van der Waals surface area contributed by atoms with E-state index >= 15 is 0 Å². The summed E-state index contributed by atoms with van der Waals surface area (Å²) in [7, 11) is 1.33. The lowest BCUT2D eigenvalue weighted by Crippen LogP contribution is -2.31. The van der Waals surface area contributed by atoms with E-state index in [1.54, 1.807) is 6.92 Å². The second kappa shape index (κ2) is 5.94. The highest BCUT2D eigenvalue weighted by Gasteiger charge is 2.45. The minimum atomic E-state index is -0.471. The fourth-order valence-electron chi connectivity index (χ4n) is 2.52. The summed E-state index contributed by atoms with van der Waals surface area (Å²) in [6.07, 6.45) is 2.42. The van der Waals surface area contributed by atoms with Gasteiger partial charge < -0.3 is 4.74 Å². The average molecular weight is 240 g/mol. The van der Waals surface area contributed by atoms with Crippen molar-refractivity contribution in [3.8, 4) is 0 Å². The molecule has 1 rings (SSSR count). The lowest BCUT2D eigenvalue weighted by molar-refractivity contribution is -0.150. The number of methoxy groups -OCH3 is 1. The van der Waals surface area contributed by atoms with Gasteiger partial charge in [-0.25, -0.2) is 0 Å². The van der Waals surface area contributed by atoms with Crippen molar-refractivity contribution >= 4 is 17.5 Å². The molecule has 1 aliphatic rings. The third-order valence-electron chi connectivity index (χ3n) is 3.57. The molecule has 0 bridgehead atoms. The van der Waals surface area contributed by atoms with Crippen LogP contribution in [0.1, 0.15) is 39.5 Å². The van der Waals surface area contributed by atoms with E-state index in [0.29, 0.717) is 6.42 Å². The Kier molecular flexibility index (Phi) is 4.85. The molecule has 1 fully saturated rings. The number of esters is 1. The number of ether oxygens (including phenoxy) is 1. The van der Waals surface area contributed by atoms with Crippen LogP contribution < -0.4 is 0 Å².